The summed E-state index contributed by atoms with van der Waals surface area (Å²) in [5.41, 5.74) is 0.133. The summed E-state index contributed by atoms with van der Waals surface area (Å²) in [5, 5.41) is 20.4. The van der Waals surface area contributed by atoms with Gasteiger partial charge >= 0.3 is 0 Å². The molecule has 1 aromatic rings. The van der Waals surface area contributed by atoms with Crippen molar-refractivity contribution >= 4 is 0 Å². The standard InChI is InChI=1S/C17H23NO2/c1-3-13-6-5-9-17(11-13,12-18)16(19)14-7-4-8-15(10-14)20-2/h4,7-8,10,13,16,19H,3,5-6,9,11H2,1-2H3. The quantitative estimate of drug-likeness (QED) is 0.906. The number of hydrogen-bond donors (Lipinski definition) is 1. The van der Waals surface area contributed by atoms with E-state index in [1.54, 1.807) is 7.11 Å². The van der Waals surface area contributed by atoms with Crippen molar-refractivity contribution in [2.75, 3.05) is 7.11 Å². The minimum atomic E-state index is -0.739. The van der Waals surface area contributed by atoms with E-state index in [0.29, 0.717) is 5.92 Å². The predicted octanol–water partition coefficient (Wildman–Crippen LogP) is 3.84. The molecule has 3 nitrogen and oxygen atoms in total. The Balaban J connectivity index is 2.28. The maximum atomic E-state index is 10.8. The maximum Gasteiger partial charge on any atom is 0.119 e. The van der Waals surface area contributed by atoms with Gasteiger partial charge in [-0.2, -0.15) is 5.26 Å². The van der Waals surface area contributed by atoms with Gasteiger partial charge in [0.2, 0.25) is 0 Å². The van der Waals surface area contributed by atoms with Crippen LogP contribution >= 0.6 is 0 Å². The summed E-state index contributed by atoms with van der Waals surface area (Å²) in [5.74, 6) is 1.26. The van der Waals surface area contributed by atoms with Crippen LogP contribution in [0.4, 0.5) is 0 Å². The lowest BCUT2D eigenvalue weighted by Gasteiger charge is -2.39. The molecule has 0 saturated heterocycles. The first kappa shape index (κ1) is 14.9. The van der Waals surface area contributed by atoms with Gasteiger partial charge in [-0.1, -0.05) is 38.3 Å². The molecule has 3 atom stereocenters. The van der Waals surface area contributed by atoms with E-state index < -0.39 is 11.5 Å². The van der Waals surface area contributed by atoms with Crippen LogP contribution in [0.2, 0.25) is 0 Å². The molecule has 0 heterocycles. The fourth-order valence-electron chi connectivity index (χ4n) is 3.32. The Morgan fingerprint density at radius 2 is 2.35 bits per heavy atom. The SMILES string of the molecule is CCC1CCCC(C#N)(C(O)c2cccc(OC)c2)C1. The van der Waals surface area contributed by atoms with Crippen LogP contribution in [0.5, 0.6) is 5.75 Å². The highest BCUT2D eigenvalue weighted by atomic mass is 16.5. The number of hydrogen-bond acceptors (Lipinski definition) is 3. The highest BCUT2D eigenvalue weighted by Gasteiger charge is 2.43. The fraction of sp³-hybridized carbons (Fsp3) is 0.588. The van der Waals surface area contributed by atoms with E-state index in [4.69, 9.17) is 4.74 Å². The number of ether oxygens (including phenoxy) is 1. The third-order valence-electron chi connectivity index (χ3n) is 4.62. The van der Waals surface area contributed by atoms with Crippen LogP contribution < -0.4 is 4.74 Å². The highest BCUT2D eigenvalue weighted by molar-refractivity contribution is 5.32. The van der Waals surface area contributed by atoms with E-state index in [9.17, 15) is 10.4 Å². The van der Waals surface area contributed by atoms with Gasteiger partial charge in [-0.15, -0.1) is 0 Å². The van der Waals surface area contributed by atoms with Crippen LogP contribution in [0.3, 0.4) is 0 Å². The minimum absolute atomic E-state index is 0.545. The molecule has 1 saturated carbocycles. The summed E-state index contributed by atoms with van der Waals surface area (Å²) in [6.45, 7) is 2.16. The Labute approximate surface area is 121 Å². The van der Waals surface area contributed by atoms with Gasteiger partial charge in [0.15, 0.2) is 0 Å². The summed E-state index contributed by atoms with van der Waals surface area (Å²) in [7, 11) is 1.61. The molecule has 1 aliphatic carbocycles. The fourth-order valence-corrected chi connectivity index (χ4v) is 3.32. The molecule has 1 fully saturated rings. The topological polar surface area (TPSA) is 53.2 Å². The van der Waals surface area contributed by atoms with Crippen molar-refractivity contribution in [2.24, 2.45) is 11.3 Å². The van der Waals surface area contributed by atoms with Gasteiger partial charge in [0.25, 0.3) is 0 Å². The number of rotatable bonds is 4. The molecule has 0 spiro atoms. The molecule has 3 unspecified atom stereocenters. The average Bonchev–Trinajstić information content (AvgIpc) is 2.54. The van der Waals surface area contributed by atoms with Crippen molar-refractivity contribution in [3.8, 4) is 11.8 Å². The van der Waals surface area contributed by atoms with Crippen molar-refractivity contribution in [2.45, 2.75) is 45.1 Å². The summed E-state index contributed by atoms with van der Waals surface area (Å²) in [4.78, 5) is 0. The number of aliphatic hydroxyl groups is 1. The molecule has 0 radical (unpaired) electrons. The minimum Gasteiger partial charge on any atom is -0.497 e. The Kier molecular flexibility index (Phi) is 4.67. The normalized spacial score (nSPS) is 27.6. The van der Waals surface area contributed by atoms with Gasteiger partial charge in [-0.25, -0.2) is 0 Å². The Hall–Kier alpha value is -1.53. The zero-order valence-corrected chi connectivity index (χ0v) is 12.3. The second-order valence-electron chi connectivity index (χ2n) is 5.82. The van der Waals surface area contributed by atoms with Gasteiger partial charge in [-0.3, -0.25) is 0 Å². The van der Waals surface area contributed by atoms with Crippen LogP contribution in [-0.2, 0) is 0 Å². The van der Waals surface area contributed by atoms with Crippen LogP contribution in [-0.4, -0.2) is 12.2 Å². The molecule has 0 amide bonds. The lowest BCUT2D eigenvalue weighted by Crippen LogP contribution is -2.33. The van der Waals surface area contributed by atoms with Crippen molar-refractivity contribution < 1.29 is 9.84 Å². The van der Waals surface area contributed by atoms with Crippen molar-refractivity contribution in [1.29, 1.82) is 5.26 Å². The second-order valence-corrected chi connectivity index (χ2v) is 5.82. The second kappa shape index (κ2) is 6.28. The van der Waals surface area contributed by atoms with Crippen molar-refractivity contribution in [1.82, 2.24) is 0 Å². The number of nitrogens with zero attached hydrogens (tertiary/aromatic N) is 1. The Morgan fingerprint density at radius 3 is 3.00 bits per heavy atom. The number of aliphatic hydroxyl groups excluding tert-OH is 1. The van der Waals surface area contributed by atoms with Crippen molar-refractivity contribution in [3.63, 3.8) is 0 Å². The lowest BCUT2D eigenvalue weighted by molar-refractivity contribution is 0.0184. The Bertz CT molecular complexity index is 494. The van der Waals surface area contributed by atoms with E-state index in [0.717, 1.165) is 37.0 Å². The third kappa shape index (κ3) is 2.81. The molecular formula is C17H23NO2. The first-order valence-electron chi connectivity index (χ1n) is 7.38. The summed E-state index contributed by atoms with van der Waals surface area (Å²) in [6.07, 6.45) is 4.10. The summed E-state index contributed by atoms with van der Waals surface area (Å²) >= 11 is 0. The first-order valence-corrected chi connectivity index (χ1v) is 7.38. The largest absolute Gasteiger partial charge is 0.497 e. The van der Waals surface area contributed by atoms with Crippen LogP contribution in [0.25, 0.3) is 0 Å². The molecule has 0 aromatic heterocycles. The molecule has 20 heavy (non-hydrogen) atoms. The first-order chi connectivity index (χ1) is 9.65. The molecular weight excluding hydrogens is 250 g/mol. The van der Waals surface area contributed by atoms with E-state index in [1.807, 2.05) is 24.3 Å². The molecule has 3 heteroatoms. The van der Waals surface area contributed by atoms with E-state index in [2.05, 4.69) is 13.0 Å². The number of benzene rings is 1. The third-order valence-corrected chi connectivity index (χ3v) is 4.62. The highest BCUT2D eigenvalue weighted by Crippen LogP contribution is 2.48. The lowest BCUT2D eigenvalue weighted by atomic mass is 9.65. The van der Waals surface area contributed by atoms with Crippen LogP contribution in [0.1, 0.15) is 50.7 Å². The van der Waals surface area contributed by atoms with Gasteiger partial charge in [-0.05, 0) is 36.5 Å². The molecule has 2 rings (SSSR count). The number of nitriles is 1. The van der Waals surface area contributed by atoms with E-state index in [-0.39, 0.29) is 0 Å². The molecule has 0 aliphatic heterocycles. The van der Waals surface area contributed by atoms with Crippen molar-refractivity contribution in [3.05, 3.63) is 29.8 Å². The monoisotopic (exact) mass is 273 g/mol. The maximum absolute atomic E-state index is 10.8. The molecule has 1 N–H and O–H groups in total. The van der Waals surface area contributed by atoms with E-state index >= 15 is 0 Å². The smallest absolute Gasteiger partial charge is 0.119 e. The van der Waals surface area contributed by atoms with E-state index in [1.165, 1.54) is 6.42 Å². The molecule has 0 bridgehead atoms. The van der Waals surface area contributed by atoms with Gasteiger partial charge in [0, 0.05) is 0 Å². The Morgan fingerprint density at radius 1 is 1.55 bits per heavy atom. The zero-order chi connectivity index (χ0) is 14.6. The molecule has 108 valence electrons. The molecule has 1 aromatic carbocycles. The van der Waals surface area contributed by atoms with Gasteiger partial charge < -0.3 is 9.84 Å². The summed E-state index contributed by atoms with van der Waals surface area (Å²) in [6, 6.07) is 9.85. The predicted molar refractivity (Wildman–Crippen MR) is 78.2 cm³/mol. The van der Waals surface area contributed by atoms with Crippen LogP contribution in [0.15, 0.2) is 24.3 Å². The number of methoxy groups -OCH3 is 1. The van der Waals surface area contributed by atoms with Crippen LogP contribution in [0, 0.1) is 22.7 Å². The van der Waals surface area contributed by atoms with Gasteiger partial charge in [0.05, 0.1) is 24.7 Å². The summed E-state index contributed by atoms with van der Waals surface area (Å²) < 4.78 is 5.21. The molecule has 1 aliphatic rings. The average molecular weight is 273 g/mol. The van der Waals surface area contributed by atoms with Gasteiger partial charge in [0.1, 0.15) is 5.75 Å². The zero-order valence-electron chi connectivity index (χ0n) is 12.3.